The zero-order valence-electron chi connectivity index (χ0n) is 24.8. The predicted molar refractivity (Wildman–Crippen MR) is 166 cm³/mol. The van der Waals surface area contributed by atoms with Gasteiger partial charge in [-0.2, -0.15) is 0 Å². The lowest BCUT2D eigenvalue weighted by Gasteiger charge is -2.50. The van der Waals surface area contributed by atoms with E-state index in [2.05, 4.69) is 115 Å². The van der Waals surface area contributed by atoms with Crippen LogP contribution in [0.4, 0.5) is 0 Å². The molecule has 0 amide bonds. The highest BCUT2D eigenvalue weighted by molar-refractivity contribution is 14.1. The minimum Gasteiger partial charge on any atom is -0.410 e. The van der Waals surface area contributed by atoms with Crippen molar-refractivity contribution in [2.24, 2.45) is 5.41 Å². The zero-order chi connectivity index (χ0) is 27.6. The summed E-state index contributed by atoms with van der Waals surface area (Å²) in [5.41, 5.74) is 7.13. The molecule has 0 aliphatic heterocycles. The predicted octanol–water partition coefficient (Wildman–Crippen LogP) is 9.37. The first-order valence-corrected chi connectivity index (χ1v) is 18.1. The van der Waals surface area contributed by atoms with Crippen LogP contribution >= 0.6 is 22.6 Å². The van der Waals surface area contributed by atoms with Crippen LogP contribution < -0.4 is 0 Å². The van der Waals surface area contributed by atoms with Gasteiger partial charge < -0.3 is 9.53 Å². The van der Waals surface area contributed by atoms with Crippen LogP contribution in [0.5, 0.6) is 0 Å². The van der Waals surface area contributed by atoms with Crippen LogP contribution in [-0.2, 0) is 16.3 Å². The Balaban J connectivity index is 1.84. The first-order chi connectivity index (χ1) is 17.0. The number of pyridine rings is 1. The average Bonchev–Trinajstić information content (AvgIpc) is 2.75. The Labute approximate surface area is 240 Å². The first-order valence-electron chi connectivity index (χ1n) is 14.1. The van der Waals surface area contributed by atoms with E-state index in [0.29, 0.717) is 5.41 Å². The van der Waals surface area contributed by atoms with Crippen LogP contribution in [0.2, 0.25) is 18.1 Å². The van der Waals surface area contributed by atoms with Gasteiger partial charge >= 0.3 is 0 Å². The Bertz CT molecular complexity index is 1140. The van der Waals surface area contributed by atoms with Gasteiger partial charge in [0.15, 0.2) is 8.32 Å². The molecule has 0 saturated heterocycles. The molecule has 2 atom stereocenters. The molecule has 1 fully saturated rings. The van der Waals surface area contributed by atoms with E-state index < -0.39 is 14.4 Å². The Hall–Kier alpha value is -0.763. The molecule has 0 radical (unpaired) electrons. The number of aliphatic hydroxyl groups is 1. The van der Waals surface area contributed by atoms with Gasteiger partial charge in [0.2, 0.25) is 0 Å². The third-order valence-electron chi connectivity index (χ3n) is 9.37. The second kappa shape index (κ2) is 10.0. The normalized spacial score (nSPS) is 20.6. The summed E-state index contributed by atoms with van der Waals surface area (Å²) in [6.07, 6.45) is 5.36. The number of hydrogen-bond acceptors (Lipinski definition) is 3. The van der Waals surface area contributed by atoms with Crippen molar-refractivity contribution in [2.75, 3.05) is 0 Å². The monoisotopic (exact) mass is 633 g/mol. The topological polar surface area (TPSA) is 42.4 Å². The second-order valence-corrected chi connectivity index (χ2v) is 20.5. The molecule has 1 heterocycles. The number of aliphatic hydroxyl groups excluding tert-OH is 1. The van der Waals surface area contributed by atoms with E-state index >= 15 is 0 Å². The molecule has 1 aromatic heterocycles. The highest BCUT2D eigenvalue weighted by atomic mass is 127. The molecule has 3 nitrogen and oxygen atoms in total. The molecule has 1 aromatic carbocycles. The van der Waals surface area contributed by atoms with E-state index in [0.717, 1.165) is 33.2 Å². The van der Waals surface area contributed by atoms with Crippen molar-refractivity contribution in [3.63, 3.8) is 0 Å². The standard InChI is InChI=1S/C32H48INO2Si/c1-20(2)28-26(29(35)21-12-14-22(15-13-21)30(3,4)5)27(33)25-23(34-28)18-32(16-11-17-32)19-24(25)36-37(9,10)31(6,7)8/h12-15,20,24,29,35H,11,16-19H2,1-10H3/t24-,29+/m0/s1. The van der Waals surface area contributed by atoms with E-state index in [4.69, 9.17) is 9.41 Å². The van der Waals surface area contributed by atoms with E-state index in [1.165, 1.54) is 36.1 Å². The van der Waals surface area contributed by atoms with Crippen LogP contribution in [0, 0.1) is 8.99 Å². The highest BCUT2D eigenvalue weighted by Gasteiger charge is 2.49. The quantitative estimate of drug-likeness (QED) is 0.264. The molecule has 2 aliphatic rings. The van der Waals surface area contributed by atoms with Gasteiger partial charge in [0.1, 0.15) is 6.10 Å². The summed E-state index contributed by atoms with van der Waals surface area (Å²) in [5.74, 6) is 0.233. The van der Waals surface area contributed by atoms with Gasteiger partial charge in [-0.15, -0.1) is 0 Å². The summed E-state index contributed by atoms with van der Waals surface area (Å²) in [4.78, 5) is 5.37. The summed E-state index contributed by atoms with van der Waals surface area (Å²) >= 11 is 2.51. The summed E-state index contributed by atoms with van der Waals surface area (Å²) in [5, 5.41) is 12.0. The molecule has 4 rings (SSSR count). The molecule has 0 bridgehead atoms. The van der Waals surface area contributed by atoms with Crippen LogP contribution in [0.15, 0.2) is 24.3 Å². The Kier molecular flexibility index (Phi) is 7.91. The number of aromatic nitrogens is 1. The third kappa shape index (κ3) is 5.62. The molecule has 1 N–H and O–H groups in total. The molecular weight excluding hydrogens is 585 g/mol. The lowest BCUT2D eigenvalue weighted by Crippen LogP contribution is -2.46. The average molecular weight is 634 g/mol. The SMILES string of the molecule is CC(C)c1nc2c(c(I)c1[C@H](O)c1ccc(C(C)(C)C)cc1)[C@@H](O[Si](C)(C)C(C)(C)C)CC1(CCC1)C2. The highest BCUT2D eigenvalue weighted by Crippen LogP contribution is 2.57. The van der Waals surface area contributed by atoms with E-state index in [1.807, 2.05) is 0 Å². The Morgan fingerprint density at radius 2 is 1.65 bits per heavy atom. The fourth-order valence-corrected chi connectivity index (χ4v) is 8.25. The van der Waals surface area contributed by atoms with Gasteiger partial charge in [0, 0.05) is 20.4 Å². The number of benzene rings is 1. The Morgan fingerprint density at radius 3 is 2.11 bits per heavy atom. The summed E-state index contributed by atoms with van der Waals surface area (Å²) in [7, 11) is -2.00. The molecular formula is C32H48INO2Si. The van der Waals surface area contributed by atoms with Crippen molar-refractivity contribution >= 4 is 30.9 Å². The van der Waals surface area contributed by atoms with Gasteiger partial charge in [-0.25, -0.2) is 0 Å². The van der Waals surface area contributed by atoms with Gasteiger partial charge in [0.25, 0.3) is 0 Å². The number of rotatable bonds is 5. The molecule has 2 aromatic rings. The molecule has 204 valence electrons. The maximum absolute atomic E-state index is 11.8. The van der Waals surface area contributed by atoms with Crippen LogP contribution in [0.1, 0.15) is 133 Å². The second-order valence-electron chi connectivity index (χ2n) is 14.6. The van der Waals surface area contributed by atoms with E-state index in [1.54, 1.807) is 0 Å². The summed E-state index contributed by atoms with van der Waals surface area (Å²) < 4.78 is 8.35. The van der Waals surface area contributed by atoms with Crippen molar-refractivity contribution in [2.45, 2.75) is 129 Å². The molecule has 1 saturated carbocycles. The summed E-state index contributed by atoms with van der Waals surface area (Å²) in [6, 6.07) is 8.52. The zero-order valence-corrected chi connectivity index (χ0v) is 27.9. The Morgan fingerprint density at radius 1 is 1.05 bits per heavy atom. The molecule has 2 aliphatic carbocycles. The van der Waals surface area contributed by atoms with E-state index in [9.17, 15) is 5.11 Å². The van der Waals surface area contributed by atoms with Gasteiger partial charge in [0.05, 0.1) is 11.8 Å². The minimum atomic E-state index is -2.00. The first kappa shape index (κ1) is 29.2. The fraction of sp³-hybridized carbons (Fsp3) is 0.656. The van der Waals surface area contributed by atoms with Crippen LogP contribution in [-0.4, -0.2) is 18.4 Å². The number of nitrogens with zero attached hydrogens (tertiary/aromatic N) is 1. The minimum absolute atomic E-state index is 0.0553. The van der Waals surface area contributed by atoms with Gasteiger partial charge in [-0.3, -0.25) is 4.98 Å². The molecule has 37 heavy (non-hydrogen) atoms. The van der Waals surface area contributed by atoms with Crippen molar-refractivity contribution < 1.29 is 9.53 Å². The fourth-order valence-electron chi connectivity index (χ4n) is 5.76. The van der Waals surface area contributed by atoms with Crippen molar-refractivity contribution in [1.82, 2.24) is 4.98 Å². The third-order valence-corrected chi connectivity index (χ3v) is 15.0. The lowest BCUT2D eigenvalue weighted by atomic mass is 9.59. The van der Waals surface area contributed by atoms with Crippen molar-refractivity contribution in [3.8, 4) is 0 Å². The number of fused-ring (bicyclic) bond motifs is 1. The lowest BCUT2D eigenvalue weighted by molar-refractivity contribution is 0.0293. The van der Waals surface area contributed by atoms with Crippen molar-refractivity contribution in [3.05, 3.63) is 61.5 Å². The van der Waals surface area contributed by atoms with Gasteiger partial charge in [-0.05, 0) is 94.3 Å². The maximum Gasteiger partial charge on any atom is 0.192 e. The smallest absolute Gasteiger partial charge is 0.192 e. The molecule has 0 unspecified atom stereocenters. The van der Waals surface area contributed by atoms with Gasteiger partial charge in [-0.1, -0.05) is 86.1 Å². The van der Waals surface area contributed by atoms with E-state index in [-0.39, 0.29) is 22.5 Å². The maximum atomic E-state index is 11.8. The number of hydrogen-bond donors (Lipinski definition) is 1. The molecule has 5 heteroatoms. The largest absolute Gasteiger partial charge is 0.410 e. The van der Waals surface area contributed by atoms with Crippen molar-refractivity contribution in [1.29, 1.82) is 0 Å². The number of halogens is 1. The molecule has 1 spiro atoms. The van der Waals surface area contributed by atoms with Crippen LogP contribution in [0.25, 0.3) is 0 Å². The van der Waals surface area contributed by atoms with Crippen LogP contribution in [0.3, 0.4) is 0 Å². The summed E-state index contributed by atoms with van der Waals surface area (Å²) in [6.45, 7) is 22.8.